The Bertz CT molecular complexity index is 1170. The molecule has 0 aliphatic carbocycles. The predicted molar refractivity (Wildman–Crippen MR) is 131 cm³/mol. The molecule has 1 atom stereocenters. The summed E-state index contributed by atoms with van der Waals surface area (Å²) < 4.78 is 25.8. The van der Waals surface area contributed by atoms with Gasteiger partial charge < -0.3 is 30.3 Å². The summed E-state index contributed by atoms with van der Waals surface area (Å²) in [7, 11) is 3.72. The van der Waals surface area contributed by atoms with Crippen molar-refractivity contribution in [2.75, 3.05) is 45.7 Å². The fraction of sp³-hybridized carbons (Fsp3) is 0.360. The molecule has 2 aliphatic rings. The zero-order valence-corrected chi connectivity index (χ0v) is 20.5. The minimum absolute atomic E-state index is 0.0996. The normalized spacial score (nSPS) is 16.5. The Labute approximate surface area is 208 Å². The Morgan fingerprint density at radius 1 is 1.34 bits per heavy atom. The van der Waals surface area contributed by atoms with E-state index in [-0.39, 0.29) is 35.8 Å². The van der Waals surface area contributed by atoms with Gasteiger partial charge >= 0.3 is 0 Å². The number of amides is 2. The summed E-state index contributed by atoms with van der Waals surface area (Å²) in [4.78, 5) is 25.9. The fourth-order valence-electron chi connectivity index (χ4n) is 4.04. The van der Waals surface area contributed by atoms with E-state index in [0.717, 1.165) is 17.3 Å². The van der Waals surface area contributed by atoms with Crippen LogP contribution in [0.1, 0.15) is 28.9 Å². The van der Waals surface area contributed by atoms with Crippen molar-refractivity contribution in [1.29, 1.82) is 0 Å². The van der Waals surface area contributed by atoms with Gasteiger partial charge in [-0.15, -0.1) is 0 Å². The van der Waals surface area contributed by atoms with Gasteiger partial charge in [0.05, 0.1) is 23.9 Å². The first-order valence-corrected chi connectivity index (χ1v) is 11.7. The molecule has 1 fully saturated rings. The molecule has 4 rings (SSSR count). The number of fused-ring (bicyclic) bond motifs is 1. The van der Waals surface area contributed by atoms with Crippen LogP contribution in [0.4, 0.5) is 10.1 Å². The number of benzene rings is 2. The molecule has 2 aromatic rings. The lowest BCUT2D eigenvalue weighted by Gasteiger charge is -2.39. The van der Waals surface area contributed by atoms with Crippen LogP contribution in [-0.2, 0) is 4.79 Å². The van der Waals surface area contributed by atoms with Crippen LogP contribution in [-0.4, -0.2) is 57.1 Å². The standard InChI is InChI=1S/C25H28ClFN4O4/c1-14(28-2)6-20(29-3)18-7-16(26)4-5-22(18)34-12-15-10-31(11-15)25(33)17-8-21-23(9-19(17)27)35-13-24(32)30-21/h4-9,15,20,28-29H,10-13H2,1-3H3,(H,30,32)/b14-6-. The van der Waals surface area contributed by atoms with E-state index in [4.69, 9.17) is 21.1 Å². The van der Waals surface area contributed by atoms with Gasteiger partial charge in [-0.2, -0.15) is 0 Å². The van der Waals surface area contributed by atoms with Crippen molar-refractivity contribution in [2.45, 2.75) is 13.0 Å². The van der Waals surface area contributed by atoms with Crippen LogP contribution in [0.3, 0.4) is 0 Å². The van der Waals surface area contributed by atoms with E-state index in [2.05, 4.69) is 16.0 Å². The lowest BCUT2D eigenvalue weighted by Crippen LogP contribution is -2.52. The summed E-state index contributed by atoms with van der Waals surface area (Å²) in [6.45, 7) is 3.08. The molecule has 1 unspecified atom stereocenters. The number of rotatable bonds is 8. The van der Waals surface area contributed by atoms with E-state index in [0.29, 0.717) is 36.2 Å². The molecule has 2 aromatic carbocycles. The Hall–Kier alpha value is -3.30. The van der Waals surface area contributed by atoms with Crippen LogP contribution >= 0.6 is 11.6 Å². The summed E-state index contributed by atoms with van der Waals surface area (Å²) in [5.74, 6) is -0.437. The van der Waals surface area contributed by atoms with Crippen LogP contribution in [0.25, 0.3) is 0 Å². The van der Waals surface area contributed by atoms with Gasteiger partial charge in [0.25, 0.3) is 11.8 Å². The van der Waals surface area contributed by atoms with Gasteiger partial charge in [-0.3, -0.25) is 9.59 Å². The molecule has 3 N–H and O–H groups in total. The van der Waals surface area contributed by atoms with Crippen molar-refractivity contribution in [3.63, 3.8) is 0 Å². The molecule has 0 bridgehead atoms. The fourth-order valence-corrected chi connectivity index (χ4v) is 4.22. The Morgan fingerprint density at radius 2 is 2.11 bits per heavy atom. The number of carbonyl (C=O) groups is 2. The van der Waals surface area contributed by atoms with Gasteiger partial charge in [0, 0.05) is 48.4 Å². The van der Waals surface area contributed by atoms with Crippen molar-refractivity contribution < 1.29 is 23.5 Å². The molecule has 2 aliphatic heterocycles. The zero-order valence-electron chi connectivity index (χ0n) is 19.8. The minimum Gasteiger partial charge on any atom is -0.493 e. The quantitative estimate of drug-likeness (QED) is 0.513. The van der Waals surface area contributed by atoms with E-state index in [1.54, 1.807) is 11.0 Å². The molecule has 10 heteroatoms. The lowest BCUT2D eigenvalue weighted by atomic mass is 9.99. The van der Waals surface area contributed by atoms with Crippen LogP contribution < -0.4 is 25.4 Å². The number of anilines is 1. The highest BCUT2D eigenvalue weighted by Crippen LogP contribution is 2.33. The van der Waals surface area contributed by atoms with Gasteiger partial charge in [-0.1, -0.05) is 11.6 Å². The van der Waals surface area contributed by atoms with E-state index in [1.807, 2.05) is 39.2 Å². The van der Waals surface area contributed by atoms with Crippen molar-refractivity contribution in [2.24, 2.45) is 5.92 Å². The van der Waals surface area contributed by atoms with E-state index in [9.17, 15) is 14.0 Å². The van der Waals surface area contributed by atoms with Crippen molar-refractivity contribution in [3.05, 3.63) is 64.1 Å². The summed E-state index contributed by atoms with van der Waals surface area (Å²) in [6, 6.07) is 7.84. The molecular formula is C25H28ClFN4O4. The maximum Gasteiger partial charge on any atom is 0.262 e. The monoisotopic (exact) mass is 502 g/mol. The molecule has 186 valence electrons. The summed E-state index contributed by atoms with van der Waals surface area (Å²) in [6.07, 6.45) is 2.04. The van der Waals surface area contributed by atoms with Crippen molar-refractivity contribution in [3.8, 4) is 11.5 Å². The second kappa shape index (κ2) is 10.5. The number of hydrogen-bond acceptors (Lipinski definition) is 6. The van der Waals surface area contributed by atoms with Gasteiger partial charge in [0.1, 0.15) is 17.3 Å². The van der Waals surface area contributed by atoms with Crippen LogP contribution in [0, 0.1) is 11.7 Å². The van der Waals surface area contributed by atoms with E-state index < -0.39 is 11.7 Å². The molecule has 2 heterocycles. The molecule has 1 saturated heterocycles. The molecular weight excluding hydrogens is 475 g/mol. The topological polar surface area (TPSA) is 91.9 Å². The van der Waals surface area contributed by atoms with Gasteiger partial charge in [0.15, 0.2) is 6.61 Å². The molecule has 0 aromatic heterocycles. The molecule has 0 saturated carbocycles. The lowest BCUT2D eigenvalue weighted by molar-refractivity contribution is -0.118. The van der Waals surface area contributed by atoms with Gasteiger partial charge in [-0.25, -0.2) is 4.39 Å². The Balaban J connectivity index is 1.39. The maximum atomic E-state index is 14.5. The van der Waals surface area contributed by atoms with E-state index in [1.165, 1.54) is 6.07 Å². The maximum absolute atomic E-state index is 14.5. The average molecular weight is 503 g/mol. The highest BCUT2D eigenvalue weighted by molar-refractivity contribution is 6.30. The molecule has 0 spiro atoms. The first-order chi connectivity index (χ1) is 16.8. The average Bonchev–Trinajstić information content (AvgIpc) is 2.81. The number of hydrogen-bond donors (Lipinski definition) is 3. The first kappa shape index (κ1) is 24.8. The largest absolute Gasteiger partial charge is 0.493 e. The number of likely N-dealkylation sites (N-methyl/N-ethyl adjacent to an activating group) is 1. The van der Waals surface area contributed by atoms with Crippen LogP contribution in [0.2, 0.25) is 5.02 Å². The Kier molecular flexibility index (Phi) is 7.47. The minimum atomic E-state index is -0.682. The van der Waals surface area contributed by atoms with Gasteiger partial charge in [0.2, 0.25) is 0 Å². The van der Waals surface area contributed by atoms with E-state index >= 15 is 0 Å². The number of likely N-dealkylation sites (tertiary alicyclic amines) is 1. The van der Waals surface area contributed by atoms with Gasteiger partial charge in [-0.05, 0) is 44.3 Å². The number of nitrogens with zero attached hydrogens (tertiary/aromatic N) is 1. The molecule has 35 heavy (non-hydrogen) atoms. The number of allylic oxidation sites excluding steroid dienone is 1. The number of ether oxygens (including phenoxy) is 2. The summed E-state index contributed by atoms with van der Waals surface area (Å²) in [5, 5.41) is 9.58. The third-order valence-corrected chi connectivity index (χ3v) is 6.32. The number of nitrogens with one attached hydrogen (secondary N) is 3. The number of carbonyl (C=O) groups excluding carboxylic acids is 2. The second-order valence-electron chi connectivity index (χ2n) is 8.60. The van der Waals surface area contributed by atoms with Crippen LogP contribution in [0.5, 0.6) is 11.5 Å². The van der Waals surface area contributed by atoms with Crippen LogP contribution in [0.15, 0.2) is 42.1 Å². The van der Waals surface area contributed by atoms with Crippen molar-refractivity contribution >= 4 is 29.1 Å². The Morgan fingerprint density at radius 3 is 2.83 bits per heavy atom. The smallest absolute Gasteiger partial charge is 0.262 e. The molecule has 2 amide bonds. The highest BCUT2D eigenvalue weighted by Gasteiger charge is 2.34. The van der Waals surface area contributed by atoms with Crippen molar-refractivity contribution in [1.82, 2.24) is 15.5 Å². The first-order valence-electron chi connectivity index (χ1n) is 11.3. The third kappa shape index (κ3) is 5.52. The third-order valence-electron chi connectivity index (χ3n) is 6.08. The molecule has 8 nitrogen and oxygen atoms in total. The summed E-state index contributed by atoms with van der Waals surface area (Å²) >= 11 is 6.24. The molecule has 0 radical (unpaired) electrons. The zero-order chi connectivity index (χ0) is 25.1. The number of halogens is 2. The summed E-state index contributed by atoms with van der Waals surface area (Å²) in [5.41, 5.74) is 2.10. The highest BCUT2D eigenvalue weighted by atomic mass is 35.5. The predicted octanol–water partition coefficient (Wildman–Crippen LogP) is 3.34. The second-order valence-corrected chi connectivity index (χ2v) is 9.04. The SMILES string of the molecule is CN/C(C)=C\C(NC)c1cc(Cl)ccc1OCC1CN(C(=O)c2cc3c(cc2F)OCC(=O)N3)C1.